The summed E-state index contributed by atoms with van der Waals surface area (Å²) in [5.74, 6) is -0.854. The van der Waals surface area contributed by atoms with Gasteiger partial charge in [0.2, 0.25) is 5.91 Å². The fraction of sp³-hybridized carbons (Fsp3) is 0.125. The highest BCUT2D eigenvalue weighted by Crippen LogP contribution is 2.25. The minimum Gasteiger partial charge on any atom is -0.480 e. The number of carboxylic acids is 1. The summed E-state index contributed by atoms with van der Waals surface area (Å²) >= 11 is 1.41. The van der Waals surface area contributed by atoms with Gasteiger partial charge in [0.25, 0.3) is 5.69 Å². The number of para-hydroxylation sites is 1. The summed E-state index contributed by atoms with van der Waals surface area (Å²) in [5.41, 5.74) is 5.81. The van der Waals surface area contributed by atoms with Crippen LogP contribution in [0, 0.1) is 10.1 Å². The Morgan fingerprint density at radius 1 is 0.878 bits per heavy atom. The Labute approximate surface area is 240 Å². The zero-order valence-corrected chi connectivity index (χ0v) is 22.8. The van der Waals surface area contributed by atoms with Crippen molar-refractivity contribution in [3.8, 4) is 16.8 Å². The number of nitrogens with one attached hydrogen (secondary N) is 1. The third kappa shape index (κ3) is 6.82. The minimum absolute atomic E-state index is 0.116. The third-order valence-corrected chi connectivity index (χ3v) is 7.81. The van der Waals surface area contributed by atoms with E-state index in [0.717, 1.165) is 27.9 Å². The molecular formula is C32H27N3O5S. The highest BCUT2D eigenvalue weighted by Gasteiger charge is 2.20. The molecule has 0 aliphatic carbocycles. The van der Waals surface area contributed by atoms with E-state index in [4.69, 9.17) is 0 Å². The lowest BCUT2D eigenvalue weighted by Crippen LogP contribution is -2.43. The molecule has 4 aromatic carbocycles. The molecule has 8 nitrogen and oxygen atoms in total. The molecule has 0 bridgehead atoms. The second-order valence-corrected chi connectivity index (χ2v) is 10.6. The van der Waals surface area contributed by atoms with Crippen molar-refractivity contribution in [2.24, 2.45) is 0 Å². The van der Waals surface area contributed by atoms with Gasteiger partial charge in [-0.3, -0.25) is 14.9 Å². The third-order valence-electron chi connectivity index (χ3n) is 6.70. The van der Waals surface area contributed by atoms with Crippen LogP contribution in [0.5, 0.6) is 0 Å². The molecule has 9 heteroatoms. The van der Waals surface area contributed by atoms with Crippen molar-refractivity contribution in [1.29, 1.82) is 0 Å². The van der Waals surface area contributed by atoms with E-state index in [1.165, 1.54) is 35.3 Å². The van der Waals surface area contributed by atoms with E-state index in [-0.39, 0.29) is 17.9 Å². The summed E-state index contributed by atoms with van der Waals surface area (Å²) in [7, 11) is 0. The Hall–Kier alpha value is -4.89. The number of benzene rings is 4. The van der Waals surface area contributed by atoms with Gasteiger partial charge < -0.3 is 15.0 Å². The Morgan fingerprint density at radius 3 is 2.29 bits per heavy atom. The number of hydrogen-bond acceptors (Lipinski definition) is 5. The van der Waals surface area contributed by atoms with Crippen molar-refractivity contribution < 1.29 is 19.6 Å². The lowest BCUT2D eigenvalue weighted by molar-refractivity contribution is -0.384. The Balaban J connectivity index is 1.14. The van der Waals surface area contributed by atoms with Crippen molar-refractivity contribution in [1.82, 2.24) is 9.88 Å². The molecule has 0 aliphatic heterocycles. The summed E-state index contributed by atoms with van der Waals surface area (Å²) in [6.45, 7) is 0. The van der Waals surface area contributed by atoms with Gasteiger partial charge in [0.1, 0.15) is 6.04 Å². The monoisotopic (exact) mass is 565 g/mol. The molecule has 1 aromatic heterocycles. The molecule has 0 aliphatic rings. The molecule has 0 saturated heterocycles. The SMILES string of the molecule is O=C(Cc1cccc([N+](=O)[O-])c1)NC(CSCc1ccc(-c2ccc(-n3ccc4ccccc43)cc2)cc1)C(=O)O. The topological polar surface area (TPSA) is 114 Å². The minimum atomic E-state index is -1.13. The van der Waals surface area contributed by atoms with Crippen LogP contribution in [0.1, 0.15) is 11.1 Å². The molecule has 206 valence electrons. The molecular weight excluding hydrogens is 538 g/mol. The number of carboxylic acid groups (broad SMARTS) is 1. The summed E-state index contributed by atoms with van der Waals surface area (Å²) in [4.78, 5) is 34.5. The fourth-order valence-corrected chi connectivity index (χ4v) is 5.60. The van der Waals surface area contributed by atoms with Crippen LogP contribution in [0.3, 0.4) is 0 Å². The molecule has 0 radical (unpaired) electrons. The quantitative estimate of drug-likeness (QED) is 0.145. The van der Waals surface area contributed by atoms with Gasteiger partial charge in [-0.15, -0.1) is 0 Å². The van der Waals surface area contributed by atoms with Gasteiger partial charge in [0.15, 0.2) is 0 Å². The van der Waals surface area contributed by atoms with E-state index < -0.39 is 22.8 Å². The van der Waals surface area contributed by atoms with E-state index in [2.05, 4.69) is 58.5 Å². The molecule has 0 fully saturated rings. The van der Waals surface area contributed by atoms with Crippen LogP contribution in [0.2, 0.25) is 0 Å². The number of amides is 1. The van der Waals surface area contributed by atoms with E-state index >= 15 is 0 Å². The number of carbonyl (C=O) groups is 2. The van der Waals surface area contributed by atoms with Crippen molar-refractivity contribution >= 4 is 40.2 Å². The number of thioether (sulfide) groups is 1. The maximum absolute atomic E-state index is 12.4. The fourth-order valence-electron chi connectivity index (χ4n) is 4.60. The number of fused-ring (bicyclic) bond motifs is 1. The first-order valence-corrected chi connectivity index (χ1v) is 14.1. The maximum Gasteiger partial charge on any atom is 0.327 e. The number of aromatic nitrogens is 1. The van der Waals surface area contributed by atoms with E-state index in [0.29, 0.717) is 11.3 Å². The Bertz CT molecular complexity index is 1700. The van der Waals surface area contributed by atoms with Crippen LogP contribution < -0.4 is 5.32 Å². The molecule has 5 aromatic rings. The Kier molecular flexibility index (Phi) is 8.45. The van der Waals surface area contributed by atoms with Gasteiger partial charge in [0, 0.05) is 35.5 Å². The van der Waals surface area contributed by atoms with Crippen molar-refractivity contribution in [3.05, 3.63) is 131 Å². The Morgan fingerprint density at radius 2 is 1.59 bits per heavy atom. The summed E-state index contributed by atoms with van der Waals surface area (Å²) in [6, 6.07) is 31.6. The number of hydrogen-bond donors (Lipinski definition) is 2. The number of nitro benzene ring substituents is 1. The highest BCUT2D eigenvalue weighted by molar-refractivity contribution is 7.98. The van der Waals surface area contributed by atoms with Crippen LogP contribution in [-0.4, -0.2) is 38.3 Å². The largest absolute Gasteiger partial charge is 0.480 e. The first kappa shape index (κ1) is 27.7. The molecule has 1 atom stereocenters. The smallest absolute Gasteiger partial charge is 0.327 e. The number of nitrogens with zero attached hydrogens (tertiary/aromatic N) is 2. The molecule has 0 spiro atoms. The van der Waals surface area contributed by atoms with Gasteiger partial charge in [-0.05, 0) is 51.9 Å². The molecule has 41 heavy (non-hydrogen) atoms. The van der Waals surface area contributed by atoms with Crippen LogP contribution in [-0.2, 0) is 21.8 Å². The molecule has 2 N–H and O–H groups in total. The molecule has 5 rings (SSSR count). The van der Waals surface area contributed by atoms with E-state index in [9.17, 15) is 24.8 Å². The average molecular weight is 566 g/mol. The van der Waals surface area contributed by atoms with Crippen molar-refractivity contribution in [2.45, 2.75) is 18.2 Å². The molecule has 1 amide bonds. The van der Waals surface area contributed by atoms with Crippen LogP contribution in [0.15, 0.2) is 109 Å². The van der Waals surface area contributed by atoms with Gasteiger partial charge in [-0.25, -0.2) is 4.79 Å². The van der Waals surface area contributed by atoms with Crippen molar-refractivity contribution in [3.63, 3.8) is 0 Å². The number of rotatable bonds is 11. The van der Waals surface area contributed by atoms with Crippen LogP contribution >= 0.6 is 11.8 Å². The van der Waals surface area contributed by atoms with E-state index in [1.54, 1.807) is 6.07 Å². The predicted octanol–water partition coefficient (Wildman–Crippen LogP) is 6.25. The van der Waals surface area contributed by atoms with Crippen LogP contribution in [0.25, 0.3) is 27.7 Å². The van der Waals surface area contributed by atoms with Gasteiger partial charge in [-0.2, -0.15) is 11.8 Å². The zero-order valence-electron chi connectivity index (χ0n) is 22.0. The summed E-state index contributed by atoms with van der Waals surface area (Å²) < 4.78 is 2.17. The standard InChI is InChI=1S/C32H27N3O5S/c36-31(19-23-4-3-6-28(18-23)35(39)40)33-29(32(37)38)21-41-20-22-8-10-24(11-9-22)25-12-14-27(15-13-25)34-17-16-26-5-1-2-7-30(26)34/h1-18,29H,19-21H2,(H,33,36)(H,37,38). The highest BCUT2D eigenvalue weighted by atomic mass is 32.2. The number of nitro groups is 1. The molecule has 1 heterocycles. The normalized spacial score (nSPS) is 11.7. The molecule has 1 unspecified atom stereocenters. The van der Waals surface area contributed by atoms with Crippen LogP contribution in [0.4, 0.5) is 5.69 Å². The average Bonchev–Trinajstić information content (AvgIpc) is 3.41. The van der Waals surface area contributed by atoms with Gasteiger partial charge in [-0.1, -0.05) is 66.7 Å². The van der Waals surface area contributed by atoms with Gasteiger partial charge in [0.05, 0.1) is 16.9 Å². The molecule has 0 saturated carbocycles. The lowest BCUT2D eigenvalue weighted by atomic mass is 10.0. The lowest BCUT2D eigenvalue weighted by Gasteiger charge is -2.14. The maximum atomic E-state index is 12.4. The first-order valence-electron chi connectivity index (χ1n) is 13.0. The number of carbonyl (C=O) groups excluding carboxylic acids is 1. The first-order chi connectivity index (χ1) is 19.9. The van der Waals surface area contributed by atoms with E-state index in [1.807, 2.05) is 36.4 Å². The van der Waals surface area contributed by atoms with Gasteiger partial charge >= 0.3 is 5.97 Å². The summed E-state index contributed by atoms with van der Waals surface area (Å²) in [5, 5.41) is 24.2. The van der Waals surface area contributed by atoms with Crippen molar-refractivity contribution in [2.75, 3.05) is 5.75 Å². The number of non-ortho nitro benzene ring substituents is 1. The summed E-state index contributed by atoms with van der Waals surface area (Å²) in [6.07, 6.45) is 1.93. The predicted molar refractivity (Wildman–Crippen MR) is 161 cm³/mol. The number of aliphatic carboxylic acids is 1. The zero-order chi connectivity index (χ0) is 28.8. The second-order valence-electron chi connectivity index (χ2n) is 9.57. The second kappa shape index (κ2) is 12.5.